The predicted molar refractivity (Wildman–Crippen MR) is 315 cm³/mol. The number of ether oxygens (including phenoxy) is 2. The van der Waals surface area contributed by atoms with Crippen LogP contribution in [0.3, 0.4) is 0 Å². The molecular weight excluding hydrogens is 1090 g/mol. The van der Waals surface area contributed by atoms with E-state index in [-0.39, 0.29) is 72.2 Å². The highest BCUT2D eigenvalue weighted by Crippen LogP contribution is 2.51. The molecule has 3 unspecified atom stereocenters. The number of carbonyl (C=O) groups is 4. The summed E-state index contributed by atoms with van der Waals surface area (Å²) in [5.41, 5.74) is 0.944. The summed E-state index contributed by atoms with van der Waals surface area (Å²) in [7, 11) is 1.73. The molecule has 7 aliphatic heterocycles. The Morgan fingerprint density at radius 3 is 2.46 bits per heavy atom. The van der Waals surface area contributed by atoms with Crippen molar-refractivity contribution in [2.24, 2.45) is 18.4 Å². The Hall–Kier alpha value is -7.70. The number of piperidine rings is 3. The minimum absolute atomic E-state index is 0.000698. The fourth-order valence-electron chi connectivity index (χ4n) is 15.9. The monoisotopic (exact) mass is 1160 g/mol. The van der Waals surface area contributed by atoms with E-state index in [1.807, 2.05) is 15.9 Å². The molecule has 13 rings (SSSR count). The van der Waals surface area contributed by atoms with Crippen LogP contribution in [0.4, 0.5) is 24.2 Å². The number of terminal acetylenes is 1. The molecular formula is C64H73F2N11O8. The van der Waals surface area contributed by atoms with E-state index < -0.39 is 46.2 Å². The number of nitrogens with one attached hydrogen (secondary N) is 1. The standard InChI is InChI=1S/C64H73F2N11O8/c1-6-44-47(65)13-12-40-9-7-10-45(52(40)44)54-53(66)55-46(33-67-54)56(74-34-42-18-25-64(36-74,62(2,3)4)77(42)60(81)82)70-58(69-55)85-37-63-23-8-26-75(63)43(17-24-63)35-84-61(83)73-29-21-41(22-30-73)72-27-19-38(20-28-72)31-39-11-14-48-50(32-39)71(5)59(80)76(48)49-15-16-51(78)68-57(49)79/h1,7,9-14,32-33,38,41-43,49H,8,15-31,34-37H2,2-5H3,(H,81,82)(H,68,78,79)/t42?,43-,49?,63-,64?/m0/s1. The minimum Gasteiger partial charge on any atom is -0.465 e. The van der Waals surface area contributed by atoms with Crippen LogP contribution in [0.15, 0.2) is 59.5 Å². The first-order valence-corrected chi connectivity index (χ1v) is 30.3. The molecule has 5 atom stereocenters. The van der Waals surface area contributed by atoms with Gasteiger partial charge in [0.1, 0.15) is 42.1 Å². The maximum absolute atomic E-state index is 17.6. The second-order valence-corrected chi connectivity index (χ2v) is 26.0. The van der Waals surface area contributed by atoms with Crippen molar-refractivity contribution in [2.45, 2.75) is 139 Å². The normalized spacial score (nSPS) is 25.3. The number of halogens is 2. The van der Waals surface area contributed by atoms with Crippen molar-refractivity contribution in [3.63, 3.8) is 0 Å². The highest BCUT2D eigenvalue weighted by molar-refractivity contribution is 6.02. The zero-order valence-electron chi connectivity index (χ0n) is 48.7. The number of imidazole rings is 1. The Kier molecular flexibility index (Phi) is 14.4. The van der Waals surface area contributed by atoms with E-state index >= 15 is 8.78 Å². The second-order valence-electron chi connectivity index (χ2n) is 26.0. The molecule has 0 spiro atoms. The average Bonchev–Trinajstić information content (AvgIpc) is 1.86. The number of pyridine rings is 1. The van der Waals surface area contributed by atoms with Gasteiger partial charge in [0.25, 0.3) is 0 Å². The third kappa shape index (κ3) is 9.71. The Morgan fingerprint density at radius 2 is 1.71 bits per heavy atom. The average molecular weight is 1160 g/mol. The molecule has 7 saturated heterocycles. The van der Waals surface area contributed by atoms with Gasteiger partial charge in [0.05, 0.1) is 39.1 Å². The SMILES string of the molecule is C#Cc1c(F)ccc2cccc(-c3ncc4c(N5CC6CCC(C(C)(C)C)(C5)N6C(=O)O)nc(OC[C@@]56CCCN5[C@H](COC(=O)N5CCC(N7CCC(Cc8ccc9c(c8)n(C)c(=O)n9C8CCC(=O)NC8=O)CC7)CC5)CC6)nc4c3F)c12. The van der Waals surface area contributed by atoms with Crippen LogP contribution in [0.1, 0.15) is 115 Å². The number of carbonyl (C=O) groups excluding carboxylic acids is 3. The lowest BCUT2D eigenvalue weighted by molar-refractivity contribution is -0.135. The lowest BCUT2D eigenvalue weighted by Gasteiger charge is -2.54. The lowest BCUT2D eigenvalue weighted by atomic mass is 9.71. The fourth-order valence-corrected chi connectivity index (χ4v) is 15.9. The first-order chi connectivity index (χ1) is 40.8. The first kappa shape index (κ1) is 56.4. The third-order valence-electron chi connectivity index (χ3n) is 20.5. The number of imide groups is 1. The van der Waals surface area contributed by atoms with Gasteiger partial charge in [0.15, 0.2) is 5.82 Å². The molecule has 0 saturated carbocycles. The number of fused-ring (bicyclic) bond motifs is 6. The molecule has 0 radical (unpaired) electrons. The van der Waals surface area contributed by atoms with Crippen molar-refractivity contribution in [1.29, 1.82) is 0 Å². The number of nitrogens with zero attached hydrogens (tertiary/aromatic N) is 10. The summed E-state index contributed by atoms with van der Waals surface area (Å²) >= 11 is 0. The molecule has 10 heterocycles. The van der Waals surface area contributed by atoms with Crippen LogP contribution < -0.4 is 20.6 Å². The molecule has 3 aromatic carbocycles. The van der Waals surface area contributed by atoms with Crippen LogP contribution >= 0.6 is 0 Å². The summed E-state index contributed by atoms with van der Waals surface area (Å²) < 4.78 is 48.7. The molecule has 0 aliphatic carbocycles. The van der Waals surface area contributed by atoms with Crippen LogP contribution in [0.25, 0.3) is 44.0 Å². The van der Waals surface area contributed by atoms with Gasteiger partial charge in [0, 0.05) is 68.9 Å². The summed E-state index contributed by atoms with van der Waals surface area (Å²) in [5, 5.41) is 14.3. The predicted octanol–water partition coefficient (Wildman–Crippen LogP) is 8.41. The molecule has 446 valence electrons. The molecule has 7 aliphatic rings. The van der Waals surface area contributed by atoms with E-state index in [9.17, 15) is 29.1 Å². The fraction of sp³-hybridized carbons (Fsp3) is 0.531. The van der Waals surface area contributed by atoms with Crippen molar-refractivity contribution in [1.82, 2.24) is 49.0 Å². The maximum atomic E-state index is 17.6. The summed E-state index contributed by atoms with van der Waals surface area (Å²) in [6.07, 6.45) is 16.0. The number of aryl methyl sites for hydroxylation is 1. The van der Waals surface area contributed by atoms with Crippen LogP contribution in [-0.2, 0) is 27.8 Å². The number of rotatable bonds is 11. The zero-order valence-corrected chi connectivity index (χ0v) is 48.7. The van der Waals surface area contributed by atoms with Gasteiger partial charge in [-0.25, -0.2) is 23.2 Å². The number of piperazine rings is 1. The Bertz CT molecular complexity index is 3800. The highest BCUT2D eigenvalue weighted by Gasteiger charge is 2.60. The Balaban J connectivity index is 0.656. The van der Waals surface area contributed by atoms with E-state index in [1.54, 1.807) is 40.8 Å². The Labute approximate surface area is 491 Å². The van der Waals surface area contributed by atoms with Crippen LogP contribution in [-0.4, -0.2) is 161 Å². The summed E-state index contributed by atoms with van der Waals surface area (Å²) in [6, 6.07) is 13.4. The van der Waals surface area contributed by atoms with E-state index in [0.29, 0.717) is 90.5 Å². The van der Waals surface area contributed by atoms with Gasteiger partial charge in [-0.05, 0) is 137 Å². The van der Waals surface area contributed by atoms with Crippen LogP contribution in [0, 0.1) is 35.3 Å². The summed E-state index contributed by atoms with van der Waals surface area (Å²) in [4.78, 5) is 89.5. The van der Waals surface area contributed by atoms with Gasteiger partial charge in [0.2, 0.25) is 11.8 Å². The lowest BCUT2D eigenvalue weighted by Crippen LogP contribution is -2.68. The van der Waals surface area contributed by atoms with Crippen LogP contribution in [0.5, 0.6) is 6.01 Å². The van der Waals surface area contributed by atoms with Gasteiger partial charge >= 0.3 is 23.9 Å². The van der Waals surface area contributed by atoms with Gasteiger partial charge in [-0.15, -0.1) is 6.42 Å². The number of benzene rings is 3. The molecule has 7 fully saturated rings. The molecule has 21 heteroatoms. The third-order valence-corrected chi connectivity index (χ3v) is 20.5. The molecule has 2 bridgehead atoms. The van der Waals surface area contributed by atoms with E-state index in [1.165, 1.54) is 16.8 Å². The van der Waals surface area contributed by atoms with E-state index in [2.05, 4.69) is 58.9 Å². The zero-order chi connectivity index (χ0) is 59.3. The van der Waals surface area contributed by atoms with Gasteiger partial charge in [-0.3, -0.25) is 38.8 Å². The number of aromatic nitrogens is 5. The van der Waals surface area contributed by atoms with Crippen molar-refractivity contribution in [3.8, 4) is 29.6 Å². The quantitative estimate of drug-likeness (QED) is 0.0925. The molecule has 6 aromatic rings. The number of hydrogen-bond donors (Lipinski definition) is 2. The first-order valence-electron chi connectivity index (χ1n) is 30.3. The second kappa shape index (κ2) is 21.7. The van der Waals surface area contributed by atoms with Gasteiger partial charge in [-0.1, -0.05) is 57.0 Å². The van der Waals surface area contributed by atoms with Crippen molar-refractivity contribution in [2.75, 3.05) is 63.9 Å². The molecule has 85 heavy (non-hydrogen) atoms. The minimum atomic E-state index is -0.969. The smallest absolute Gasteiger partial charge is 0.409 e. The van der Waals surface area contributed by atoms with Gasteiger partial charge in [-0.2, -0.15) is 9.97 Å². The van der Waals surface area contributed by atoms with Crippen molar-refractivity contribution in [3.05, 3.63) is 88.0 Å². The molecule has 19 nitrogen and oxygen atoms in total. The highest BCUT2D eigenvalue weighted by atomic mass is 19.1. The topological polar surface area (TPSA) is 201 Å². The summed E-state index contributed by atoms with van der Waals surface area (Å²) in [6.45, 7) is 11.3. The summed E-state index contributed by atoms with van der Waals surface area (Å²) in [5.74, 6) is 1.23. The molecule has 4 amide bonds. The molecule has 2 N–H and O–H groups in total. The van der Waals surface area contributed by atoms with Gasteiger partial charge < -0.3 is 29.3 Å². The number of amides is 4. The largest absolute Gasteiger partial charge is 0.465 e. The van der Waals surface area contributed by atoms with E-state index in [0.717, 1.165) is 88.5 Å². The molecule has 3 aromatic heterocycles. The van der Waals surface area contributed by atoms with Crippen LogP contribution in [0.2, 0.25) is 0 Å². The number of likely N-dealkylation sites (tertiary alicyclic amines) is 2. The van der Waals surface area contributed by atoms with Crippen molar-refractivity contribution < 1.29 is 42.5 Å². The van der Waals surface area contributed by atoms with Crippen molar-refractivity contribution >= 4 is 62.5 Å². The van der Waals surface area contributed by atoms with E-state index in [4.69, 9.17) is 25.9 Å². The number of carboxylic acid groups (broad SMARTS) is 1. The number of anilines is 1. The maximum Gasteiger partial charge on any atom is 0.409 e. The number of hydrogen-bond acceptors (Lipinski definition) is 13. The Morgan fingerprint density at radius 1 is 0.906 bits per heavy atom.